The maximum absolute atomic E-state index is 11.7. The molecule has 3 N–H and O–H groups in total. The fourth-order valence-corrected chi connectivity index (χ4v) is 2.70. The van der Waals surface area contributed by atoms with Crippen molar-refractivity contribution in [1.29, 1.82) is 0 Å². The lowest BCUT2D eigenvalue weighted by atomic mass is 9.86. The van der Waals surface area contributed by atoms with Crippen molar-refractivity contribution >= 4 is 17.7 Å². The van der Waals surface area contributed by atoms with Gasteiger partial charge in [0.05, 0.1) is 5.92 Å². The molecule has 1 fully saturated rings. The van der Waals surface area contributed by atoms with Gasteiger partial charge in [-0.3, -0.25) is 10.1 Å². The Morgan fingerprint density at radius 2 is 1.91 bits per heavy atom. The molecule has 0 bridgehead atoms. The van der Waals surface area contributed by atoms with Gasteiger partial charge in [0.15, 0.2) is 0 Å². The summed E-state index contributed by atoms with van der Waals surface area (Å²) >= 11 is 0. The van der Waals surface area contributed by atoms with Crippen molar-refractivity contribution in [3.05, 3.63) is 29.8 Å². The van der Waals surface area contributed by atoms with Crippen LogP contribution in [-0.2, 0) is 9.53 Å². The number of carboxylic acids is 1. The number of anilines is 1. The number of hydrogen-bond acceptors (Lipinski definition) is 4. The van der Waals surface area contributed by atoms with E-state index < -0.39 is 23.6 Å². The van der Waals surface area contributed by atoms with Gasteiger partial charge in [0, 0.05) is 11.7 Å². The average Bonchev–Trinajstić information content (AvgIpc) is 2.46. The maximum Gasteiger partial charge on any atom is 0.412 e. The van der Waals surface area contributed by atoms with E-state index in [2.05, 4.69) is 10.6 Å². The van der Waals surface area contributed by atoms with Gasteiger partial charge >= 0.3 is 12.1 Å². The second-order valence-electron chi connectivity index (χ2n) is 6.77. The van der Waals surface area contributed by atoms with Crippen molar-refractivity contribution in [2.24, 2.45) is 5.92 Å². The standard InChI is InChI=1S/C17H24N2O4/c1-17(2,3)23-16(22)19-12-8-6-11(7-9-12)14-13(15(20)21)5-4-10-18-14/h6-9,13-14,18H,4-5,10H2,1-3H3,(H,19,22)(H,20,21)/t13-,14-/m0/s1. The average molecular weight is 320 g/mol. The molecule has 0 saturated carbocycles. The zero-order chi connectivity index (χ0) is 17.0. The number of carbonyl (C=O) groups is 2. The molecule has 1 amide bonds. The molecular formula is C17H24N2O4. The van der Waals surface area contributed by atoms with Crippen molar-refractivity contribution < 1.29 is 19.4 Å². The minimum Gasteiger partial charge on any atom is -0.481 e. The first-order valence-electron chi connectivity index (χ1n) is 7.82. The Balaban J connectivity index is 2.04. The number of nitrogens with one attached hydrogen (secondary N) is 2. The van der Waals surface area contributed by atoms with Crippen molar-refractivity contribution in [3.8, 4) is 0 Å². The molecule has 1 aromatic rings. The van der Waals surface area contributed by atoms with Crippen LogP contribution in [0.2, 0.25) is 0 Å². The molecule has 0 aliphatic carbocycles. The van der Waals surface area contributed by atoms with Crippen LogP contribution in [0, 0.1) is 5.92 Å². The zero-order valence-electron chi connectivity index (χ0n) is 13.8. The lowest BCUT2D eigenvalue weighted by molar-refractivity contribution is -0.143. The molecule has 1 aromatic carbocycles. The number of aliphatic carboxylic acids is 1. The molecule has 0 spiro atoms. The lowest BCUT2D eigenvalue weighted by Gasteiger charge is -2.30. The molecule has 6 nitrogen and oxygen atoms in total. The van der Waals surface area contributed by atoms with Crippen molar-refractivity contribution in [2.75, 3.05) is 11.9 Å². The number of piperidine rings is 1. The Morgan fingerprint density at radius 3 is 2.48 bits per heavy atom. The Kier molecular flexibility index (Phi) is 5.26. The fraction of sp³-hybridized carbons (Fsp3) is 0.529. The van der Waals surface area contributed by atoms with E-state index >= 15 is 0 Å². The normalized spacial score (nSPS) is 21.5. The highest BCUT2D eigenvalue weighted by molar-refractivity contribution is 5.84. The molecule has 0 unspecified atom stereocenters. The van der Waals surface area contributed by atoms with E-state index in [0.29, 0.717) is 12.1 Å². The van der Waals surface area contributed by atoms with Gasteiger partial charge in [0.25, 0.3) is 0 Å². The third kappa shape index (κ3) is 4.96. The summed E-state index contributed by atoms with van der Waals surface area (Å²) in [6.45, 7) is 6.22. The molecule has 1 heterocycles. The van der Waals surface area contributed by atoms with E-state index in [4.69, 9.17) is 4.74 Å². The molecular weight excluding hydrogens is 296 g/mol. The highest BCUT2D eigenvalue weighted by Crippen LogP contribution is 2.30. The molecule has 0 aromatic heterocycles. The van der Waals surface area contributed by atoms with Gasteiger partial charge in [-0.2, -0.15) is 0 Å². The Labute approximate surface area is 136 Å². The quantitative estimate of drug-likeness (QED) is 0.796. The minimum absolute atomic E-state index is 0.197. The smallest absolute Gasteiger partial charge is 0.412 e. The van der Waals surface area contributed by atoms with Crippen LogP contribution < -0.4 is 10.6 Å². The Bertz CT molecular complexity index is 563. The lowest BCUT2D eigenvalue weighted by Crippen LogP contribution is -2.38. The largest absolute Gasteiger partial charge is 0.481 e. The van der Waals surface area contributed by atoms with E-state index in [-0.39, 0.29) is 6.04 Å². The van der Waals surface area contributed by atoms with E-state index in [9.17, 15) is 14.7 Å². The van der Waals surface area contributed by atoms with Gasteiger partial charge in [-0.05, 0) is 57.9 Å². The van der Waals surface area contributed by atoms with E-state index in [1.807, 2.05) is 12.1 Å². The summed E-state index contributed by atoms with van der Waals surface area (Å²) in [5.41, 5.74) is 0.975. The number of benzene rings is 1. The molecule has 2 atom stereocenters. The number of hydrogen-bond donors (Lipinski definition) is 3. The predicted octanol–water partition coefficient (Wildman–Crippen LogP) is 3.16. The predicted molar refractivity (Wildman–Crippen MR) is 87.4 cm³/mol. The summed E-state index contributed by atoms with van der Waals surface area (Å²) in [6, 6.07) is 7.00. The van der Waals surface area contributed by atoms with Crippen molar-refractivity contribution in [1.82, 2.24) is 5.32 Å². The van der Waals surface area contributed by atoms with Crippen LogP contribution in [-0.4, -0.2) is 29.3 Å². The van der Waals surface area contributed by atoms with Crippen molar-refractivity contribution in [3.63, 3.8) is 0 Å². The van der Waals surface area contributed by atoms with Gasteiger partial charge < -0.3 is 15.2 Å². The van der Waals surface area contributed by atoms with Crippen LogP contribution in [0.3, 0.4) is 0 Å². The summed E-state index contributed by atoms with van der Waals surface area (Å²) < 4.78 is 5.20. The van der Waals surface area contributed by atoms with Crippen LogP contribution in [0.5, 0.6) is 0 Å². The molecule has 1 saturated heterocycles. The first-order chi connectivity index (χ1) is 10.8. The van der Waals surface area contributed by atoms with Gasteiger partial charge in [-0.15, -0.1) is 0 Å². The second-order valence-corrected chi connectivity index (χ2v) is 6.77. The highest BCUT2D eigenvalue weighted by atomic mass is 16.6. The molecule has 2 rings (SSSR count). The first kappa shape index (κ1) is 17.3. The van der Waals surface area contributed by atoms with E-state index in [0.717, 1.165) is 18.5 Å². The number of rotatable bonds is 3. The fourth-order valence-electron chi connectivity index (χ4n) is 2.70. The van der Waals surface area contributed by atoms with Crippen molar-refractivity contribution in [2.45, 2.75) is 45.3 Å². The second kappa shape index (κ2) is 7.00. The van der Waals surface area contributed by atoms with Crippen LogP contribution in [0.4, 0.5) is 10.5 Å². The summed E-state index contributed by atoms with van der Waals surface area (Å²) in [5, 5.41) is 15.3. The summed E-state index contributed by atoms with van der Waals surface area (Å²) in [7, 11) is 0. The van der Waals surface area contributed by atoms with Gasteiger partial charge in [-0.25, -0.2) is 4.79 Å². The summed E-state index contributed by atoms with van der Waals surface area (Å²) in [6.07, 6.45) is 1.03. The van der Waals surface area contributed by atoms with Gasteiger partial charge in [0.1, 0.15) is 5.60 Å². The highest BCUT2D eigenvalue weighted by Gasteiger charge is 2.31. The third-order valence-electron chi connectivity index (χ3n) is 3.69. The molecule has 23 heavy (non-hydrogen) atoms. The zero-order valence-corrected chi connectivity index (χ0v) is 13.8. The number of amides is 1. The first-order valence-corrected chi connectivity index (χ1v) is 7.82. The Hall–Kier alpha value is -2.08. The number of carboxylic acid groups (broad SMARTS) is 1. The van der Waals surface area contributed by atoms with Crippen LogP contribution in [0.15, 0.2) is 24.3 Å². The maximum atomic E-state index is 11.7. The topological polar surface area (TPSA) is 87.7 Å². The third-order valence-corrected chi connectivity index (χ3v) is 3.69. The minimum atomic E-state index is -0.779. The van der Waals surface area contributed by atoms with Gasteiger partial charge in [-0.1, -0.05) is 12.1 Å². The van der Waals surface area contributed by atoms with E-state index in [1.54, 1.807) is 32.9 Å². The van der Waals surface area contributed by atoms with Crippen LogP contribution in [0.1, 0.15) is 45.2 Å². The molecule has 1 aliphatic rings. The molecule has 0 radical (unpaired) electrons. The molecule has 126 valence electrons. The van der Waals surface area contributed by atoms with E-state index in [1.165, 1.54) is 0 Å². The summed E-state index contributed by atoms with van der Waals surface area (Å²) in [5.74, 6) is -1.20. The van der Waals surface area contributed by atoms with Crippen LogP contribution >= 0.6 is 0 Å². The monoisotopic (exact) mass is 320 g/mol. The number of ether oxygens (including phenoxy) is 1. The SMILES string of the molecule is CC(C)(C)OC(=O)Nc1ccc([C@@H]2NCCC[C@@H]2C(=O)O)cc1. The molecule has 6 heteroatoms. The number of carbonyl (C=O) groups excluding carboxylic acids is 1. The van der Waals surface area contributed by atoms with Crippen LogP contribution in [0.25, 0.3) is 0 Å². The Morgan fingerprint density at radius 1 is 1.26 bits per heavy atom. The van der Waals surface area contributed by atoms with Gasteiger partial charge in [0.2, 0.25) is 0 Å². The molecule has 1 aliphatic heterocycles. The summed E-state index contributed by atoms with van der Waals surface area (Å²) in [4.78, 5) is 23.1.